The molecule has 9 nitrogen and oxygen atoms in total. The van der Waals surface area contributed by atoms with Crippen LogP contribution >= 0.6 is 0 Å². The number of benzene rings is 2. The van der Waals surface area contributed by atoms with E-state index in [4.69, 9.17) is 14.5 Å². The van der Waals surface area contributed by atoms with Gasteiger partial charge in [-0.05, 0) is 31.0 Å². The third-order valence-corrected chi connectivity index (χ3v) is 7.26. The summed E-state index contributed by atoms with van der Waals surface area (Å²) in [5.74, 6) is -1.92. The van der Waals surface area contributed by atoms with Gasteiger partial charge in [0.1, 0.15) is 23.5 Å². The van der Waals surface area contributed by atoms with Gasteiger partial charge >= 0.3 is 5.69 Å². The molecule has 7 rings (SSSR count). The van der Waals surface area contributed by atoms with Crippen LogP contribution in [0.25, 0.3) is 28.1 Å². The predicted molar refractivity (Wildman–Crippen MR) is 130 cm³/mol. The van der Waals surface area contributed by atoms with Crippen LogP contribution in [0.4, 0.5) is 13.2 Å². The molecule has 3 aromatic heterocycles. The van der Waals surface area contributed by atoms with Crippen LogP contribution in [-0.2, 0) is 4.74 Å². The number of halogens is 3. The number of fused-ring (bicyclic) bond motifs is 3. The van der Waals surface area contributed by atoms with Crippen molar-refractivity contribution in [3.8, 4) is 11.7 Å². The molecule has 2 aliphatic rings. The van der Waals surface area contributed by atoms with Crippen molar-refractivity contribution in [2.24, 2.45) is 0 Å². The molecule has 12 heteroatoms. The molecule has 2 aromatic carbocycles. The van der Waals surface area contributed by atoms with Crippen LogP contribution in [0.1, 0.15) is 36.9 Å². The molecule has 1 saturated heterocycles. The Labute approximate surface area is 213 Å². The quantitative estimate of drug-likeness (QED) is 0.355. The normalized spacial score (nSPS) is 18.1. The van der Waals surface area contributed by atoms with Crippen molar-refractivity contribution in [1.29, 1.82) is 0 Å². The monoisotopic (exact) mass is 522 g/mol. The van der Waals surface area contributed by atoms with Crippen LogP contribution in [0.5, 0.6) is 5.75 Å². The van der Waals surface area contributed by atoms with E-state index in [9.17, 15) is 18.0 Å². The van der Waals surface area contributed by atoms with E-state index < -0.39 is 23.5 Å². The molecule has 1 unspecified atom stereocenters. The zero-order valence-corrected chi connectivity index (χ0v) is 20.0. The molecular formula is C26H21F3N6O3. The molecule has 194 valence electrons. The first-order chi connectivity index (χ1) is 18.5. The molecule has 0 aliphatic carbocycles. The maximum Gasteiger partial charge on any atom is 0.331 e. The number of hydrogen-bond donors (Lipinski definition) is 0. The van der Waals surface area contributed by atoms with Gasteiger partial charge in [0.15, 0.2) is 17.2 Å². The van der Waals surface area contributed by atoms with Gasteiger partial charge in [-0.3, -0.25) is 13.7 Å². The van der Waals surface area contributed by atoms with Crippen LogP contribution in [0, 0.1) is 17.5 Å². The second kappa shape index (κ2) is 8.69. The highest BCUT2D eigenvalue weighted by molar-refractivity contribution is 5.78. The highest BCUT2D eigenvalue weighted by atomic mass is 19.1. The minimum Gasteiger partial charge on any atom is -0.490 e. The SMILES string of the molecule is O=c1n(C2CCOCC2)c2cnc(-n3cnc4ccc(F)cc43)nc2n1C1CCOc2c(F)cc(F)cc21. The molecule has 1 atom stereocenters. The second-order valence-electron chi connectivity index (χ2n) is 9.45. The fourth-order valence-electron chi connectivity index (χ4n) is 5.52. The van der Waals surface area contributed by atoms with Crippen LogP contribution in [0.3, 0.4) is 0 Å². The summed E-state index contributed by atoms with van der Waals surface area (Å²) in [6, 6.07) is 5.28. The minimum absolute atomic E-state index is 0.0770. The lowest BCUT2D eigenvalue weighted by Crippen LogP contribution is -2.34. The first-order valence-electron chi connectivity index (χ1n) is 12.3. The maximum absolute atomic E-state index is 14.6. The Morgan fingerprint density at radius 1 is 0.895 bits per heavy atom. The van der Waals surface area contributed by atoms with Crippen molar-refractivity contribution in [3.63, 3.8) is 0 Å². The molecular weight excluding hydrogens is 501 g/mol. The summed E-state index contributed by atoms with van der Waals surface area (Å²) < 4.78 is 58.6. The highest BCUT2D eigenvalue weighted by Gasteiger charge is 2.33. The summed E-state index contributed by atoms with van der Waals surface area (Å²) in [6.45, 7) is 1.15. The fourth-order valence-corrected chi connectivity index (χ4v) is 5.52. The van der Waals surface area contributed by atoms with E-state index in [1.165, 1.54) is 33.7 Å². The summed E-state index contributed by atoms with van der Waals surface area (Å²) in [5, 5.41) is 0. The molecule has 38 heavy (non-hydrogen) atoms. The third kappa shape index (κ3) is 3.51. The minimum atomic E-state index is -0.826. The Morgan fingerprint density at radius 2 is 1.74 bits per heavy atom. The van der Waals surface area contributed by atoms with Gasteiger partial charge in [0, 0.05) is 43.4 Å². The topological polar surface area (TPSA) is 89.0 Å². The first kappa shape index (κ1) is 23.0. The summed E-state index contributed by atoms with van der Waals surface area (Å²) in [6.07, 6.45) is 4.60. The summed E-state index contributed by atoms with van der Waals surface area (Å²) in [5.41, 5.74) is 1.68. The first-order valence-corrected chi connectivity index (χ1v) is 12.3. The third-order valence-electron chi connectivity index (χ3n) is 7.26. The predicted octanol–water partition coefficient (Wildman–Crippen LogP) is 4.07. The Balaban J connectivity index is 1.48. The van der Waals surface area contributed by atoms with Gasteiger partial charge in [-0.2, -0.15) is 4.98 Å². The molecule has 0 N–H and O–H groups in total. The van der Waals surface area contributed by atoms with Gasteiger partial charge < -0.3 is 9.47 Å². The Hall–Kier alpha value is -4.19. The number of imidazole rings is 2. The molecule has 5 aromatic rings. The van der Waals surface area contributed by atoms with Gasteiger partial charge in [-0.15, -0.1) is 0 Å². The van der Waals surface area contributed by atoms with Crippen LogP contribution < -0.4 is 10.4 Å². The molecule has 0 amide bonds. The number of rotatable bonds is 3. The van der Waals surface area contributed by atoms with E-state index in [0.29, 0.717) is 54.7 Å². The van der Waals surface area contributed by atoms with Crippen molar-refractivity contribution in [3.05, 3.63) is 76.4 Å². The van der Waals surface area contributed by atoms with E-state index in [1.807, 2.05) is 0 Å². The molecule has 0 radical (unpaired) electrons. The summed E-state index contributed by atoms with van der Waals surface area (Å²) >= 11 is 0. The number of aromatic nitrogens is 6. The van der Waals surface area contributed by atoms with Gasteiger partial charge in [0.05, 0.1) is 29.9 Å². The van der Waals surface area contributed by atoms with E-state index in [-0.39, 0.29) is 35.6 Å². The van der Waals surface area contributed by atoms with E-state index >= 15 is 0 Å². The van der Waals surface area contributed by atoms with Gasteiger partial charge in [-0.1, -0.05) is 0 Å². The molecule has 1 fully saturated rings. The van der Waals surface area contributed by atoms with Gasteiger partial charge in [0.2, 0.25) is 5.95 Å². The van der Waals surface area contributed by atoms with Crippen molar-refractivity contribution in [2.45, 2.75) is 31.3 Å². The standard InChI is InChI=1S/C26H21F3N6O3/c27-14-1-2-19-21(11-14)33(13-31-19)25-30-12-22-24(32-25)35(26(36)34(22)16-3-6-37-7-4-16)20-5-8-38-23-17(20)9-15(28)10-18(23)29/h1-2,9-13,16,20H,3-8H2. The van der Waals surface area contributed by atoms with Crippen molar-refractivity contribution in [1.82, 2.24) is 28.7 Å². The lowest BCUT2D eigenvalue weighted by Gasteiger charge is -2.27. The Kier molecular flexibility index (Phi) is 5.25. The van der Waals surface area contributed by atoms with Gasteiger partial charge in [0.25, 0.3) is 0 Å². The van der Waals surface area contributed by atoms with Gasteiger partial charge in [-0.25, -0.2) is 27.9 Å². The van der Waals surface area contributed by atoms with E-state index in [2.05, 4.69) is 9.97 Å². The highest BCUT2D eigenvalue weighted by Crippen LogP contribution is 2.38. The largest absolute Gasteiger partial charge is 0.490 e. The zero-order chi connectivity index (χ0) is 26.0. The van der Waals surface area contributed by atoms with Crippen LogP contribution in [0.2, 0.25) is 0 Å². The van der Waals surface area contributed by atoms with E-state index in [0.717, 1.165) is 6.07 Å². The Morgan fingerprint density at radius 3 is 2.58 bits per heavy atom. The molecule has 0 bridgehead atoms. The van der Waals surface area contributed by atoms with Crippen LogP contribution in [-0.4, -0.2) is 48.5 Å². The van der Waals surface area contributed by atoms with Crippen LogP contribution in [0.15, 0.2) is 47.7 Å². The number of hydrogen-bond acceptors (Lipinski definition) is 6. The lowest BCUT2D eigenvalue weighted by molar-refractivity contribution is 0.0695. The summed E-state index contributed by atoms with van der Waals surface area (Å²) in [4.78, 5) is 27.6. The summed E-state index contributed by atoms with van der Waals surface area (Å²) in [7, 11) is 0. The van der Waals surface area contributed by atoms with Crippen molar-refractivity contribution >= 4 is 22.2 Å². The van der Waals surface area contributed by atoms with Crippen molar-refractivity contribution < 1.29 is 22.6 Å². The molecule has 0 saturated carbocycles. The smallest absolute Gasteiger partial charge is 0.331 e. The molecule has 5 heterocycles. The average molecular weight is 522 g/mol. The second-order valence-corrected chi connectivity index (χ2v) is 9.45. The van der Waals surface area contributed by atoms with E-state index in [1.54, 1.807) is 16.8 Å². The number of ether oxygens (including phenoxy) is 2. The number of nitrogens with zero attached hydrogens (tertiary/aromatic N) is 6. The maximum atomic E-state index is 14.6. The average Bonchev–Trinajstić information content (AvgIpc) is 3.46. The Bertz CT molecular complexity index is 1770. The molecule has 2 aliphatic heterocycles. The fraction of sp³-hybridized carbons (Fsp3) is 0.308. The van der Waals surface area contributed by atoms with Crippen molar-refractivity contribution in [2.75, 3.05) is 19.8 Å². The lowest BCUT2D eigenvalue weighted by atomic mass is 10.00. The molecule has 0 spiro atoms. The zero-order valence-electron chi connectivity index (χ0n) is 20.0.